The zero-order valence-electron chi connectivity index (χ0n) is 15.1. The summed E-state index contributed by atoms with van der Waals surface area (Å²) in [4.78, 5) is 37.3. The van der Waals surface area contributed by atoms with Crippen LogP contribution in [-0.4, -0.2) is 29.6 Å². The molecule has 0 saturated heterocycles. The number of aryl methyl sites for hydroxylation is 1. The molecule has 0 bridgehead atoms. The molecule has 2 aromatic carbocycles. The molecule has 27 heavy (non-hydrogen) atoms. The fourth-order valence-corrected chi connectivity index (χ4v) is 3.02. The van der Waals surface area contributed by atoms with Crippen LogP contribution in [0.25, 0.3) is 10.9 Å². The fraction of sp³-hybridized carbons (Fsp3) is 0.190. The molecule has 0 aliphatic rings. The molecule has 1 unspecified atom stereocenters. The minimum atomic E-state index is -0.854. The Morgan fingerprint density at radius 3 is 2.44 bits per heavy atom. The van der Waals surface area contributed by atoms with E-state index in [1.165, 1.54) is 17.7 Å². The van der Waals surface area contributed by atoms with Crippen LogP contribution in [0.4, 0.5) is 0 Å². The molecule has 0 spiro atoms. The van der Waals surface area contributed by atoms with Crippen LogP contribution in [0.1, 0.15) is 15.9 Å². The second-order valence-corrected chi connectivity index (χ2v) is 6.21. The van der Waals surface area contributed by atoms with E-state index in [4.69, 9.17) is 4.74 Å². The standard InChI is InChI=1S/C21H20N2O4/c1-23-18-11-7-6-10-15(18)16(13-19(23)24)20(25)22-17(21(26)27-2)12-14-8-4-3-5-9-14/h3-11,13,17H,12H2,1-2H3,(H,22,25). The minimum absolute atomic E-state index is 0.232. The predicted octanol–water partition coefficient (Wildman–Crippen LogP) is 2.05. The number of carbonyl (C=O) groups is 2. The van der Waals surface area contributed by atoms with Gasteiger partial charge >= 0.3 is 5.97 Å². The van der Waals surface area contributed by atoms with Crippen molar-refractivity contribution >= 4 is 22.8 Å². The van der Waals surface area contributed by atoms with Gasteiger partial charge in [-0.3, -0.25) is 9.59 Å². The summed E-state index contributed by atoms with van der Waals surface area (Å²) in [5, 5.41) is 3.35. The van der Waals surface area contributed by atoms with E-state index in [1.807, 2.05) is 30.3 Å². The van der Waals surface area contributed by atoms with Crippen molar-refractivity contribution in [3.05, 3.63) is 82.1 Å². The molecule has 0 aliphatic heterocycles. The molecule has 6 heteroatoms. The maximum absolute atomic E-state index is 12.9. The Hall–Kier alpha value is -3.41. The van der Waals surface area contributed by atoms with Crippen molar-refractivity contribution < 1.29 is 14.3 Å². The average molecular weight is 364 g/mol. The molecule has 1 aromatic heterocycles. The Morgan fingerprint density at radius 1 is 1.07 bits per heavy atom. The van der Waals surface area contributed by atoms with Crippen molar-refractivity contribution in [2.45, 2.75) is 12.5 Å². The third-order valence-electron chi connectivity index (χ3n) is 4.47. The SMILES string of the molecule is COC(=O)C(Cc1ccccc1)NC(=O)c1cc(=O)n(C)c2ccccc12. The number of esters is 1. The summed E-state index contributed by atoms with van der Waals surface area (Å²) in [7, 11) is 2.93. The van der Waals surface area contributed by atoms with Crippen LogP contribution in [0.3, 0.4) is 0 Å². The Labute approximate surface area is 156 Å². The van der Waals surface area contributed by atoms with Gasteiger partial charge in [0.05, 0.1) is 18.2 Å². The lowest BCUT2D eigenvalue weighted by Gasteiger charge is -2.17. The highest BCUT2D eigenvalue weighted by molar-refractivity contribution is 6.07. The smallest absolute Gasteiger partial charge is 0.328 e. The molecule has 1 atom stereocenters. The fourth-order valence-electron chi connectivity index (χ4n) is 3.02. The maximum atomic E-state index is 12.9. The van der Waals surface area contributed by atoms with Gasteiger partial charge in [-0.15, -0.1) is 0 Å². The zero-order valence-corrected chi connectivity index (χ0v) is 15.1. The van der Waals surface area contributed by atoms with Gasteiger partial charge in [-0.1, -0.05) is 48.5 Å². The summed E-state index contributed by atoms with van der Waals surface area (Å²) >= 11 is 0. The number of carbonyl (C=O) groups excluding carboxylic acids is 2. The first kappa shape index (κ1) is 18.4. The third-order valence-corrected chi connectivity index (χ3v) is 4.47. The lowest BCUT2D eigenvalue weighted by molar-refractivity contribution is -0.142. The van der Waals surface area contributed by atoms with E-state index in [-0.39, 0.29) is 11.1 Å². The number of hydrogen-bond donors (Lipinski definition) is 1. The molecular weight excluding hydrogens is 344 g/mol. The molecule has 3 aromatic rings. The largest absolute Gasteiger partial charge is 0.467 e. The first-order valence-electron chi connectivity index (χ1n) is 8.52. The number of benzene rings is 2. The summed E-state index contributed by atoms with van der Waals surface area (Å²) in [6.45, 7) is 0. The maximum Gasteiger partial charge on any atom is 0.328 e. The first-order valence-corrected chi connectivity index (χ1v) is 8.52. The summed E-state index contributed by atoms with van der Waals surface area (Å²) in [6, 6.07) is 16.9. The Balaban J connectivity index is 1.94. The number of pyridine rings is 1. The molecule has 1 N–H and O–H groups in total. The van der Waals surface area contributed by atoms with Gasteiger partial charge in [-0.05, 0) is 11.6 Å². The van der Waals surface area contributed by atoms with E-state index in [0.29, 0.717) is 17.3 Å². The van der Waals surface area contributed by atoms with Gasteiger partial charge in [0.25, 0.3) is 11.5 Å². The van der Waals surface area contributed by atoms with Crippen LogP contribution >= 0.6 is 0 Å². The van der Waals surface area contributed by atoms with Crippen molar-refractivity contribution in [3.63, 3.8) is 0 Å². The van der Waals surface area contributed by atoms with Crippen LogP contribution in [0.5, 0.6) is 0 Å². The molecule has 0 saturated carbocycles. The number of aromatic nitrogens is 1. The summed E-state index contributed by atoms with van der Waals surface area (Å²) in [6.07, 6.45) is 0.294. The van der Waals surface area contributed by atoms with Crippen LogP contribution in [-0.2, 0) is 23.0 Å². The van der Waals surface area contributed by atoms with Gasteiger partial charge in [-0.2, -0.15) is 0 Å². The lowest BCUT2D eigenvalue weighted by Crippen LogP contribution is -2.43. The van der Waals surface area contributed by atoms with Crippen LogP contribution in [0.2, 0.25) is 0 Å². The number of nitrogens with zero attached hydrogens (tertiary/aromatic N) is 1. The van der Waals surface area contributed by atoms with Crippen LogP contribution in [0.15, 0.2) is 65.5 Å². The van der Waals surface area contributed by atoms with Crippen molar-refractivity contribution in [2.75, 3.05) is 7.11 Å². The number of nitrogens with one attached hydrogen (secondary N) is 1. The molecule has 0 aliphatic carbocycles. The normalized spacial score (nSPS) is 11.8. The molecular formula is C21H20N2O4. The Morgan fingerprint density at radius 2 is 1.74 bits per heavy atom. The summed E-state index contributed by atoms with van der Waals surface area (Å²) in [5.41, 5.74) is 1.47. The molecule has 138 valence electrons. The van der Waals surface area contributed by atoms with Gasteiger partial charge in [0.2, 0.25) is 0 Å². The first-order chi connectivity index (χ1) is 13.0. The number of rotatable bonds is 5. The van der Waals surface area contributed by atoms with E-state index in [2.05, 4.69) is 5.32 Å². The Bertz CT molecular complexity index is 1040. The topological polar surface area (TPSA) is 77.4 Å². The molecule has 1 amide bonds. The highest BCUT2D eigenvalue weighted by atomic mass is 16.5. The van der Waals surface area contributed by atoms with Gasteiger partial charge in [0.15, 0.2) is 0 Å². The number of hydrogen-bond acceptors (Lipinski definition) is 4. The molecule has 6 nitrogen and oxygen atoms in total. The molecule has 1 heterocycles. The number of ether oxygens (including phenoxy) is 1. The van der Waals surface area contributed by atoms with Crippen molar-refractivity contribution in [1.29, 1.82) is 0 Å². The van der Waals surface area contributed by atoms with Crippen molar-refractivity contribution in [3.8, 4) is 0 Å². The van der Waals surface area contributed by atoms with Crippen LogP contribution in [0, 0.1) is 0 Å². The predicted molar refractivity (Wildman–Crippen MR) is 103 cm³/mol. The molecule has 0 radical (unpaired) electrons. The Kier molecular flexibility index (Phi) is 5.35. The van der Waals surface area contributed by atoms with E-state index in [9.17, 15) is 14.4 Å². The highest BCUT2D eigenvalue weighted by Crippen LogP contribution is 2.16. The second-order valence-electron chi connectivity index (χ2n) is 6.21. The number of fused-ring (bicyclic) bond motifs is 1. The van der Waals surface area contributed by atoms with E-state index >= 15 is 0 Å². The van der Waals surface area contributed by atoms with E-state index in [0.717, 1.165) is 5.56 Å². The van der Waals surface area contributed by atoms with Gasteiger partial charge in [0.1, 0.15) is 6.04 Å². The average Bonchev–Trinajstić information content (AvgIpc) is 2.70. The van der Waals surface area contributed by atoms with Gasteiger partial charge in [-0.25, -0.2) is 4.79 Å². The number of methoxy groups -OCH3 is 1. The monoisotopic (exact) mass is 364 g/mol. The second kappa shape index (κ2) is 7.86. The summed E-state index contributed by atoms with van der Waals surface area (Å²) < 4.78 is 6.31. The van der Waals surface area contributed by atoms with E-state index in [1.54, 1.807) is 31.3 Å². The van der Waals surface area contributed by atoms with Crippen molar-refractivity contribution in [2.24, 2.45) is 7.05 Å². The quantitative estimate of drug-likeness (QED) is 0.703. The molecule has 3 rings (SSSR count). The highest BCUT2D eigenvalue weighted by Gasteiger charge is 2.24. The minimum Gasteiger partial charge on any atom is -0.467 e. The van der Waals surface area contributed by atoms with E-state index < -0.39 is 17.9 Å². The zero-order chi connectivity index (χ0) is 19.4. The van der Waals surface area contributed by atoms with Gasteiger partial charge < -0.3 is 14.6 Å². The van der Waals surface area contributed by atoms with Gasteiger partial charge in [0, 0.05) is 24.9 Å². The number of para-hydroxylation sites is 1. The van der Waals surface area contributed by atoms with Crippen molar-refractivity contribution in [1.82, 2.24) is 9.88 Å². The summed E-state index contributed by atoms with van der Waals surface area (Å²) in [5.74, 6) is -1.03. The van der Waals surface area contributed by atoms with Crippen LogP contribution < -0.4 is 10.9 Å². The third kappa shape index (κ3) is 3.89. The molecule has 0 fully saturated rings. The number of amides is 1. The lowest BCUT2D eigenvalue weighted by atomic mass is 10.0.